The SMILES string of the molecule is O=C(NCCc1ccccc1C(F)(F)F)c1ccc2ccccc2n1. The Hall–Kier alpha value is -2.89. The van der Waals surface area contributed by atoms with Gasteiger partial charge in [-0.2, -0.15) is 13.2 Å². The fraction of sp³-hybridized carbons (Fsp3) is 0.158. The van der Waals surface area contributed by atoms with Crippen LogP contribution in [0.3, 0.4) is 0 Å². The van der Waals surface area contributed by atoms with Crippen LogP contribution in [0.15, 0.2) is 60.7 Å². The molecule has 0 unspecified atom stereocenters. The lowest BCUT2D eigenvalue weighted by atomic mass is 10.0. The Morgan fingerprint density at radius 1 is 0.960 bits per heavy atom. The highest BCUT2D eigenvalue weighted by molar-refractivity contribution is 5.94. The van der Waals surface area contributed by atoms with E-state index in [1.807, 2.05) is 18.2 Å². The van der Waals surface area contributed by atoms with Crippen LogP contribution in [-0.2, 0) is 12.6 Å². The molecule has 0 radical (unpaired) electrons. The van der Waals surface area contributed by atoms with Gasteiger partial charge in [0.1, 0.15) is 5.69 Å². The van der Waals surface area contributed by atoms with Gasteiger partial charge in [-0.3, -0.25) is 4.79 Å². The van der Waals surface area contributed by atoms with Crippen LogP contribution in [0.2, 0.25) is 0 Å². The summed E-state index contributed by atoms with van der Waals surface area (Å²) < 4.78 is 38.9. The van der Waals surface area contributed by atoms with Crippen LogP contribution >= 0.6 is 0 Å². The van der Waals surface area contributed by atoms with Crippen LogP contribution in [0.5, 0.6) is 0 Å². The summed E-state index contributed by atoms with van der Waals surface area (Å²) in [5, 5.41) is 3.54. The minimum atomic E-state index is -4.40. The van der Waals surface area contributed by atoms with Gasteiger partial charge in [0.15, 0.2) is 0 Å². The number of nitrogens with zero attached hydrogens (tertiary/aromatic N) is 1. The highest BCUT2D eigenvalue weighted by atomic mass is 19.4. The Morgan fingerprint density at radius 3 is 2.48 bits per heavy atom. The van der Waals surface area contributed by atoms with Crippen LogP contribution in [0.4, 0.5) is 13.2 Å². The topological polar surface area (TPSA) is 42.0 Å². The van der Waals surface area contributed by atoms with E-state index in [1.54, 1.807) is 24.3 Å². The van der Waals surface area contributed by atoms with Crippen molar-refractivity contribution >= 4 is 16.8 Å². The number of nitrogens with one attached hydrogen (secondary N) is 1. The monoisotopic (exact) mass is 344 g/mol. The summed E-state index contributed by atoms with van der Waals surface area (Å²) in [5.74, 6) is -0.407. The normalized spacial score (nSPS) is 11.5. The number of alkyl halides is 3. The van der Waals surface area contributed by atoms with E-state index < -0.39 is 17.6 Å². The molecular formula is C19H15F3N2O. The third-order valence-corrected chi connectivity index (χ3v) is 3.83. The maximum Gasteiger partial charge on any atom is 0.416 e. The second-order valence-corrected chi connectivity index (χ2v) is 5.55. The van der Waals surface area contributed by atoms with Crippen molar-refractivity contribution in [2.24, 2.45) is 0 Å². The number of carbonyl (C=O) groups excluding carboxylic acids is 1. The predicted molar refractivity (Wildman–Crippen MR) is 89.2 cm³/mol. The molecule has 0 saturated carbocycles. The predicted octanol–water partition coefficient (Wildman–Crippen LogP) is 4.23. The molecule has 0 aliphatic carbocycles. The molecule has 3 nitrogen and oxygen atoms in total. The van der Waals surface area contributed by atoms with Crippen LogP contribution < -0.4 is 5.32 Å². The molecule has 3 aromatic rings. The third-order valence-electron chi connectivity index (χ3n) is 3.83. The summed E-state index contributed by atoms with van der Waals surface area (Å²) in [7, 11) is 0. The van der Waals surface area contributed by atoms with Crippen LogP contribution in [-0.4, -0.2) is 17.4 Å². The molecule has 6 heteroatoms. The van der Waals surface area contributed by atoms with Gasteiger partial charge in [0.05, 0.1) is 11.1 Å². The molecule has 0 atom stereocenters. The number of pyridine rings is 1. The number of aromatic nitrogens is 1. The molecule has 0 spiro atoms. The average molecular weight is 344 g/mol. The summed E-state index contributed by atoms with van der Waals surface area (Å²) in [6.45, 7) is 0.0977. The first-order valence-electron chi connectivity index (χ1n) is 7.74. The molecule has 1 amide bonds. The van der Waals surface area contributed by atoms with Crippen molar-refractivity contribution in [3.05, 3.63) is 77.5 Å². The number of fused-ring (bicyclic) bond motifs is 1. The number of para-hydroxylation sites is 1. The van der Waals surface area contributed by atoms with Crippen LogP contribution in [0.1, 0.15) is 21.6 Å². The maximum absolute atomic E-state index is 13.0. The van der Waals surface area contributed by atoms with Crippen LogP contribution in [0.25, 0.3) is 10.9 Å². The number of rotatable bonds is 4. The minimum absolute atomic E-state index is 0.0923. The van der Waals surface area contributed by atoms with E-state index in [2.05, 4.69) is 10.3 Å². The average Bonchev–Trinajstić information content (AvgIpc) is 2.60. The van der Waals surface area contributed by atoms with Crippen molar-refractivity contribution in [1.29, 1.82) is 0 Å². The summed E-state index contributed by atoms with van der Waals surface area (Å²) in [5.41, 5.74) is 0.412. The molecule has 0 bridgehead atoms. The number of carbonyl (C=O) groups is 1. The fourth-order valence-electron chi connectivity index (χ4n) is 2.61. The smallest absolute Gasteiger partial charge is 0.350 e. The first-order chi connectivity index (χ1) is 11.9. The van der Waals surface area contributed by atoms with Gasteiger partial charge in [-0.25, -0.2) is 4.98 Å². The minimum Gasteiger partial charge on any atom is -0.350 e. The van der Waals surface area contributed by atoms with Crippen molar-refractivity contribution in [2.75, 3.05) is 6.54 Å². The molecule has 128 valence electrons. The van der Waals surface area contributed by atoms with Crippen LogP contribution in [0, 0.1) is 0 Å². The quantitative estimate of drug-likeness (QED) is 0.770. The van der Waals surface area contributed by atoms with Gasteiger partial charge < -0.3 is 5.32 Å². The van der Waals surface area contributed by atoms with E-state index in [9.17, 15) is 18.0 Å². The van der Waals surface area contributed by atoms with E-state index in [4.69, 9.17) is 0 Å². The zero-order valence-electron chi connectivity index (χ0n) is 13.2. The Morgan fingerprint density at radius 2 is 1.68 bits per heavy atom. The van der Waals surface area contributed by atoms with E-state index in [1.165, 1.54) is 12.1 Å². The molecular weight excluding hydrogens is 329 g/mol. The van der Waals surface area contributed by atoms with Gasteiger partial charge in [-0.1, -0.05) is 42.5 Å². The summed E-state index contributed by atoms with van der Waals surface area (Å²) in [4.78, 5) is 16.4. The Labute approximate surface area is 142 Å². The standard InChI is InChI=1S/C19H15F3N2O/c20-19(21,22)15-7-3-1-5-13(15)11-12-23-18(25)17-10-9-14-6-2-4-8-16(14)24-17/h1-10H,11-12H2,(H,23,25). The summed E-state index contributed by atoms with van der Waals surface area (Å²) in [6, 6.07) is 16.1. The molecule has 0 aliphatic rings. The van der Waals surface area contributed by atoms with Crippen molar-refractivity contribution in [2.45, 2.75) is 12.6 Å². The number of hydrogen-bond donors (Lipinski definition) is 1. The second-order valence-electron chi connectivity index (χ2n) is 5.55. The molecule has 1 heterocycles. The van der Waals surface area contributed by atoms with Gasteiger partial charge in [0.25, 0.3) is 5.91 Å². The molecule has 25 heavy (non-hydrogen) atoms. The second kappa shape index (κ2) is 6.93. The first kappa shape index (κ1) is 17.0. The maximum atomic E-state index is 13.0. The Balaban J connectivity index is 1.67. The number of amides is 1. The molecule has 3 rings (SSSR count). The van der Waals surface area contributed by atoms with E-state index in [-0.39, 0.29) is 24.2 Å². The Kier molecular flexibility index (Phi) is 4.70. The van der Waals surface area contributed by atoms with Crippen molar-refractivity contribution < 1.29 is 18.0 Å². The number of hydrogen-bond acceptors (Lipinski definition) is 2. The Bertz CT molecular complexity index is 906. The van der Waals surface area contributed by atoms with Gasteiger partial charge in [-0.15, -0.1) is 0 Å². The molecule has 1 N–H and O–H groups in total. The molecule has 0 fully saturated rings. The van der Waals surface area contributed by atoms with E-state index in [0.29, 0.717) is 5.52 Å². The van der Waals surface area contributed by atoms with Gasteiger partial charge in [0.2, 0.25) is 0 Å². The van der Waals surface area contributed by atoms with Crippen molar-refractivity contribution in [1.82, 2.24) is 10.3 Å². The zero-order chi connectivity index (χ0) is 17.9. The highest BCUT2D eigenvalue weighted by Crippen LogP contribution is 2.31. The van der Waals surface area contributed by atoms with Gasteiger partial charge in [0, 0.05) is 11.9 Å². The summed E-state index contributed by atoms with van der Waals surface area (Å²) in [6.07, 6.45) is -4.31. The van der Waals surface area contributed by atoms with Gasteiger partial charge in [-0.05, 0) is 30.2 Å². The van der Waals surface area contributed by atoms with Crippen molar-refractivity contribution in [3.8, 4) is 0 Å². The molecule has 0 saturated heterocycles. The van der Waals surface area contributed by atoms with E-state index in [0.717, 1.165) is 11.5 Å². The molecule has 1 aromatic heterocycles. The largest absolute Gasteiger partial charge is 0.416 e. The molecule has 0 aliphatic heterocycles. The zero-order valence-corrected chi connectivity index (χ0v) is 13.2. The van der Waals surface area contributed by atoms with Crippen molar-refractivity contribution in [3.63, 3.8) is 0 Å². The van der Waals surface area contributed by atoms with E-state index >= 15 is 0 Å². The molecule has 2 aromatic carbocycles. The lowest BCUT2D eigenvalue weighted by molar-refractivity contribution is -0.138. The lowest BCUT2D eigenvalue weighted by Crippen LogP contribution is -2.27. The number of benzene rings is 2. The number of halogens is 3. The first-order valence-corrected chi connectivity index (χ1v) is 7.74. The third kappa shape index (κ3) is 3.96. The highest BCUT2D eigenvalue weighted by Gasteiger charge is 2.32. The van der Waals surface area contributed by atoms with Gasteiger partial charge >= 0.3 is 6.18 Å². The summed E-state index contributed by atoms with van der Waals surface area (Å²) >= 11 is 0. The fourth-order valence-corrected chi connectivity index (χ4v) is 2.61. The lowest BCUT2D eigenvalue weighted by Gasteiger charge is -2.12.